The lowest BCUT2D eigenvalue weighted by atomic mass is 10.2. The summed E-state index contributed by atoms with van der Waals surface area (Å²) in [4.78, 5) is 12.0. The average molecular weight is 391 g/mol. The van der Waals surface area contributed by atoms with Gasteiger partial charge < -0.3 is 14.0 Å². The zero-order valence-corrected chi connectivity index (χ0v) is 17.1. The molecule has 0 aliphatic heterocycles. The van der Waals surface area contributed by atoms with Gasteiger partial charge in [0.1, 0.15) is 0 Å². The topological polar surface area (TPSA) is 64.8 Å². The van der Waals surface area contributed by atoms with Gasteiger partial charge >= 0.3 is 0 Å². The standard InChI is InChI=1S/C23H25N3O3/c1-16-9-11-20(12-10-16)26-17(2)13-19(18(26)3)14-24-25-23(27)15-29-22-8-6-5-7-21(22)28-4/h5-14H,15H2,1-4H3,(H,25,27)/b24-14-. The lowest BCUT2D eigenvalue weighted by Crippen LogP contribution is -2.24. The first-order chi connectivity index (χ1) is 14.0. The van der Waals surface area contributed by atoms with Crippen molar-refractivity contribution < 1.29 is 14.3 Å². The van der Waals surface area contributed by atoms with E-state index in [4.69, 9.17) is 9.47 Å². The van der Waals surface area contributed by atoms with Crippen LogP contribution >= 0.6 is 0 Å². The van der Waals surface area contributed by atoms with E-state index in [1.165, 1.54) is 5.56 Å². The van der Waals surface area contributed by atoms with Crippen molar-refractivity contribution in [3.63, 3.8) is 0 Å². The van der Waals surface area contributed by atoms with Gasteiger partial charge in [-0.2, -0.15) is 5.10 Å². The van der Waals surface area contributed by atoms with Crippen LogP contribution in [0.15, 0.2) is 59.7 Å². The first-order valence-corrected chi connectivity index (χ1v) is 9.33. The smallest absolute Gasteiger partial charge is 0.277 e. The Balaban J connectivity index is 1.62. The average Bonchev–Trinajstić information content (AvgIpc) is 3.00. The molecule has 1 amide bonds. The van der Waals surface area contributed by atoms with Crippen molar-refractivity contribution in [1.29, 1.82) is 0 Å². The Bertz CT molecular complexity index is 1020. The van der Waals surface area contributed by atoms with Gasteiger partial charge in [-0.3, -0.25) is 4.79 Å². The van der Waals surface area contributed by atoms with Gasteiger partial charge in [-0.25, -0.2) is 5.43 Å². The number of hydrogen-bond acceptors (Lipinski definition) is 4. The number of nitrogens with one attached hydrogen (secondary N) is 1. The number of hydrogen-bond donors (Lipinski definition) is 1. The second kappa shape index (κ2) is 9.10. The highest BCUT2D eigenvalue weighted by Crippen LogP contribution is 2.25. The summed E-state index contributed by atoms with van der Waals surface area (Å²) in [6.45, 7) is 5.99. The van der Waals surface area contributed by atoms with Crippen molar-refractivity contribution in [2.75, 3.05) is 13.7 Å². The van der Waals surface area contributed by atoms with Crippen LogP contribution in [0.5, 0.6) is 11.5 Å². The van der Waals surface area contributed by atoms with Gasteiger partial charge in [0.25, 0.3) is 5.91 Å². The zero-order chi connectivity index (χ0) is 20.8. The van der Waals surface area contributed by atoms with Crippen LogP contribution in [-0.2, 0) is 4.79 Å². The SMILES string of the molecule is COc1ccccc1OCC(=O)N/N=C\c1cc(C)n(-c2ccc(C)cc2)c1C. The number of hydrazone groups is 1. The summed E-state index contributed by atoms with van der Waals surface area (Å²) >= 11 is 0. The van der Waals surface area contributed by atoms with Crippen LogP contribution in [0.4, 0.5) is 0 Å². The molecule has 1 aromatic heterocycles. The summed E-state index contributed by atoms with van der Waals surface area (Å²) in [6, 6.07) is 17.6. The van der Waals surface area contributed by atoms with E-state index in [2.05, 4.69) is 46.3 Å². The molecule has 6 heteroatoms. The normalized spacial score (nSPS) is 10.9. The monoisotopic (exact) mass is 391 g/mol. The number of ether oxygens (including phenoxy) is 2. The molecule has 0 bridgehead atoms. The Hall–Kier alpha value is -3.54. The van der Waals surface area contributed by atoms with Gasteiger partial charge in [0.05, 0.1) is 13.3 Å². The zero-order valence-electron chi connectivity index (χ0n) is 17.1. The highest BCUT2D eigenvalue weighted by Gasteiger charge is 2.10. The summed E-state index contributed by atoms with van der Waals surface area (Å²) in [6.07, 6.45) is 1.65. The van der Waals surface area contributed by atoms with Crippen LogP contribution in [0.25, 0.3) is 5.69 Å². The van der Waals surface area contributed by atoms with Crippen molar-refractivity contribution >= 4 is 12.1 Å². The summed E-state index contributed by atoms with van der Waals surface area (Å²) in [5.74, 6) is 0.739. The Labute approximate surface area is 170 Å². The molecule has 0 atom stereocenters. The fourth-order valence-corrected chi connectivity index (χ4v) is 3.10. The van der Waals surface area contributed by atoms with Crippen LogP contribution in [0, 0.1) is 20.8 Å². The minimum absolute atomic E-state index is 0.153. The summed E-state index contributed by atoms with van der Waals surface area (Å²) in [5, 5.41) is 4.07. The molecule has 3 rings (SSSR count). The molecule has 0 spiro atoms. The molecule has 3 aromatic rings. The van der Waals surface area contributed by atoms with E-state index in [9.17, 15) is 4.79 Å². The fraction of sp³-hybridized carbons (Fsp3) is 0.217. The number of methoxy groups -OCH3 is 1. The van der Waals surface area contributed by atoms with Crippen molar-refractivity contribution in [3.05, 3.63) is 77.1 Å². The minimum atomic E-state index is -0.348. The van der Waals surface area contributed by atoms with Gasteiger partial charge in [0.15, 0.2) is 18.1 Å². The van der Waals surface area contributed by atoms with Crippen LogP contribution in [0.2, 0.25) is 0 Å². The third-order valence-corrected chi connectivity index (χ3v) is 4.58. The van der Waals surface area contributed by atoms with Crippen molar-refractivity contribution in [2.24, 2.45) is 5.10 Å². The molecule has 0 radical (unpaired) electrons. The molecule has 29 heavy (non-hydrogen) atoms. The van der Waals surface area contributed by atoms with Crippen molar-refractivity contribution in [3.8, 4) is 17.2 Å². The van der Waals surface area contributed by atoms with E-state index >= 15 is 0 Å². The molecule has 0 aliphatic rings. The Morgan fingerprint density at radius 3 is 2.45 bits per heavy atom. The Morgan fingerprint density at radius 2 is 1.76 bits per heavy atom. The molecule has 150 valence electrons. The lowest BCUT2D eigenvalue weighted by molar-refractivity contribution is -0.123. The molecule has 1 N–H and O–H groups in total. The predicted octanol–water partition coefficient (Wildman–Crippen LogP) is 3.94. The van der Waals surface area contributed by atoms with Crippen molar-refractivity contribution in [2.45, 2.75) is 20.8 Å². The quantitative estimate of drug-likeness (QED) is 0.490. The molecule has 1 heterocycles. The lowest BCUT2D eigenvalue weighted by Gasteiger charge is -2.10. The molecular formula is C23H25N3O3. The second-order valence-electron chi connectivity index (χ2n) is 6.73. The van der Waals surface area contributed by atoms with Gasteiger partial charge in [0.2, 0.25) is 0 Å². The van der Waals surface area contributed by atoms with E-state index in [1.54, 1.807) is 25.5 Å². The number of rotatable bonds is 7. The highest BCUT2D eigenvalue weighted by molar-refractivity contribution is 5.84. The minimum Gasteiger partial charge on any atom is -0.493 e. The van der Waals surface area contributed by atoms with Crippen molar-refractivity contribution in [1.82, 2.24) is 9.99 Å². The molecule has 0 fully saturated rings. The van der Waals surface area contributed by atoms with E-state index in [0.717, 1.165) is 22.6 Å². The number of aromatic nitrogens is 1. The van der Waals surface area contributed by atoms with Crippen LogP contribution in [-0.4, -0.2) is 30.4 Å². The van der Waals surface area contributed by atoms with E-state index in [-0.39, 0.29) is 12.5 Å². The summed E-state index contributed by atoms with van der Waals surface area (Å²) in [7, 11) is 1.56. The molecule has 0 unspecified atom stereocenters. The predicted molar refractivity (Wildman–Crippen MR) is 114 cm³/mol. The third kappa shape index (κ3) is 4.85. The van der Waals surface area contributed by atoms with Gasteiger partial charge in [-0.1, -0.05) is 29.8 Å². The number of nitrogens with zero attached hydrogens (tertiary/aromatic N) is 2. The maximum atomic E-state index is 12.0. The summed E-state index contributed by atoms with van der Waals surface area (Å²) in [5.41, 5.74) is 7.90. The second-order valence-corrected chi connectivity index (χ2v) is 6.73. The van der Waals surface area contributed by atoms with Gasteiger partial charge in [-0.05, 0) is 51.1 Å². The number of benzene rings is 2. The Morgan fingerprint density at radius 1 is 1.07 bits per heavy atom. The van der Waals surface area contributed by atoms with Crippen LogP contribution in [0.1, 0.15) is 22.5 Å². The largest absolute Gasteiger partial charge is 0.493 e. The number of aryl methyl sites for hydroxylation is 2. The third-order valence-electron chi connectivity index (χ3n) is 4.58. The molecule has 0 aliphatic carbocycles. The first-order valence-electron chi connectivity index (χ1n) is 9.33. The maximum absolute atomic E-state index is 12.0. The van der Waals surface area contributed by atoms with Crippen LogP contribution in [0.3, 0.4) is 0 Å². The molecular weight excluding hydrogens is 366 g/mol. The molecule has 6 nitrogen and oxygen atoms in total. The van der Waals surface area contributed by atoms with Crippen LogP contribution < -0.4 is 14.9 Å². The van der Waals surface area contributed by atoms with Gasteiger partial charge in [0, 0.05) is 22.6 Å². The molecule has 0 saturated carbocycles. The molecule has 2 aromatic carbocycles. The first kappa shape index (κ1) is 20.2. The maximum Gasteiger partial charge on any atom is 0.277 e. The van der Waals surface area contributed by atoms with E-state index < -0.39 is 0 Å². The number of carbonyl (C=O) groups is 1. The number of para-hydroxylation sites is 2. The number of carbonyl (C=O) groups excluding carboxylic acids is 1. The molecule has 0 saturated heterocycles. The highest BCUT2D eigenvalue weighted by atomic mass is 16.5. The fourth-order valence-electron chi connectivity index (χ4n) is 3.10. The van der Waals surface area contributed by atoms with E-state index in [1.807, 2.05) is 32.0 Å². The Kier molecular flexibility index (Phi) is 6.34. The number of amides is 1. The van der Waals surface area contributed by atoms with E-state index in [0.29, 0.717) is 11.5 Å². The van der Waals surface area contributed by atoms with Gasteiger partial charge in [-0.15, -0.1) is 0 Å². The summed E-state index contributed by atoms with van der Waals surface area (Å²) < 4.78 is 12.8.